The molecule has 0 aliphatic heterocycles. The van der Waals surface area contributed by atoms with E-state index in [0.29, 0.717) is 6.04 Å². The Kier molecular flexibility index (Phi) is 4.53. The number of aromatic nitrogens is 2. The van der Waals surface area contributed by atoms with Crippen molar-refractivity contribution in [1.29, 1.82) is 0 Å². The molecular formula is C11H21N3OS. The molecular weight excluding hydrogens is 222 g/mol. The average Bonchev–Trinajstić information content (AvgIpc) is 2.45. The molecule has 1 heterocycles. The van der Waals surface area contributed by atoms with Crippen molar-refractivity contribution in [3.63, 3.8) is 0 Å². The van der Waals surface area contributed by atoms with Crippen molar-refractivity contribution in [1.82, 2.24) is 9.55 Å². The van der Waals surface area contributed by atoms with E-state index in [9.17, 15) is 4.21 Å². The molecule has 16 heavy (non-hydrogen) atoms. The second-order valence-corrected chi connectivity index (χ2v) is 6.27. The molecule has 0 saturated carbocycles. The summed E-state index contributed by atoms with van der Waals surface area (Å²) in [6.07, 6.45) is 3.73. The fraction of sp³-hybridized carbons (Fsp3) is 0.727. The Balaban J connectivity index is 2.82. The van der Waals surface area contributed by atoms with E-state index in [1.807, 2.05) is 24.6 Å². The third kappa shape index (κ3) is 3.63. The predicted octanol–water partition coefficient (Wildman–Crippen LogP) is 1.78. The number of imidazole rings is 1. The normalized spacial score (nSPS) is 15.1. The Morgan fingerprint density at radius 1 is 1.50 bits per heavy atom. The van der Waals surface area contributed by atoms with E-state index in [0.717, 1.165) is 18.2 Å². The third-order valence-corrected chi connectivity index (χ3v) is 3.62. The number of nitrogens with one attached hydrogen (secondary N) is 1. The maximum absolute atomic E-state index is 11.3. The van der Waals surface area contributed by atoms with Crippen LogP contribution in [0.15, 0.2) is 6.20 Å². The highest BCUT2D eigenvalue weighted by atomic mass is 32.2. The largest absolute Gasteiger partial charge is 0.353 e. The molecule has 4 nitrogen and oxygen atoms in total. The standard InChI is InChI=1S/C11H21N3OS/c1-8(2)12-11-13-9(3)6-14(11)7-10(4)16(5)15/h6,8,10H,7H2,1-5H3,(H,12,13). The first-order valence-electron chi connectivity index (χ1n) is 5.52. The summed E-state index contributed by atoms with van der Waals surface area (Å²) in [5.41, 5.74) is 0.984. The fourth-order valence-corrected chi connectivity index (χ4v) is 1.81. The van der Waals surface area contributed by atoms with E-state index in [-0.39, 0.29) is 5.25 Å². The van der Waals surface area contributed by atoms with Gasteiger partial charge in [0.1, 0.15) is 0 Å². The van der Waals surface area contributed by atoms with Crippen LogP contribution in [0.2, 0.25) is 0 Å². The maximum atomic E-state index is 11.3. The zero-order chi connectivity index (χ0) is 12.3. The quantitative estimate of drug-likeness (QED) is 0.857. The molecule has 0 spiro atoms. The van der Waals surface area contributed by atoms with Gasteiger partial charge in [-0.2, -0.15) is 0 Å². The lowest BCUT2D eigenvalue weighted by Crippen LogP contribution is -2.20. The molecule has 2 atom stereocenters. The second-order valence-electron chi connectivity index (χ2n) is 4.47. The highest BCUT2D eigenvalue weighted by Crippen LogP contribution is 2.11. The Morgan fingerprint density at radius 3 is 2.62 bits per heavy atom. The van der Waals surface area contributed by atoms with Crippen LogP contribution in [0.1, 0.15) is 26.5 Å². The second kappa shape index (κ2) is 5.48. The van der Waals surface area contributed by atoms with Gasteiger partial charge >= 0.3 is 0 Å². The van der Waals surface area contributed by atoms with Gasteiger partial charge in [-0.1, -0.05) is 0 Å². The van der Waals surface area contributed by atoms with Crippen LogP contribution in [-0.4, -0.2) is 31.3 Å². The smallest absolute Gasteiger partial charge is 0.203 e. The summed E-state index contributed by atoms with van der Waals surface area (Å²) in [4.78, 5) is 4.42. The minimum atomic E-state index is -0.799. The van der Waals surface area contributed by atoms with Gasteiger partial charge in [-0.3, -0.25) is 4.21 Å². The van der Waals surface area contributed by atoms with Crippen molar-refractivity contribution in [2.24, 2.45) is 0 Å². The summed E-state index contributed by atoms with van der Waals surface area (Å²) in [5, 5.41) is 3.43. The first-order valence-corrected chi connectivity index (χ1v) is 7.14. The zero-order valence-corrected chi connectivity index (χ0v) is 11.5. The maximum Gasteiger partial charge on any atom is 0.203 e. The molecule has 0 radical (unpaired) electrons. The molecule has 0 fully saturated rings. The molecule has 1 aromatic rings. The number of aryl methyl sites for hydroxylation is 1. The van der Waals surface area contributed by atoms with Gasteiger partial charge in [0.25, 0.3) is 0 Å². The summed E-state index contributed by atoms with van der Waals surface area (Å²) in [6, 6.07) is 0.350. The third-order valence-electron chi connectivity index (χ3n) is 2.34. The van der Waals surface area contributed by atoms with Gasteiger partial charge in [-0.05, 0) is 27.7 Å². The predicted molar refractivity (Wildman–Crippen MR) is 69.3 cm³/mol. The molecule has 0 aromatic carbocycles. The first kappa shape index (κ1) is 13.2. The topological polar surface area (TPSA) is 46.9 Å². The summed E-state index contributed by atoms with van der Waals surface area (Å²) >= 11 is 0. The molecule has 0 saturated heterocycles. The SMILES string of the molecule is Cc1cn(CC(C)S(C)=O)c(NC(C)C)n1. The van der Waals surface area contributed by atoms with Crippen LogP contribution < -0.4 is 5.32 Å². The number of anilines is 1. The van der Waals surface area contributed by atoms with Crippen LogP contribution in [0, 0.1) is 6.92 Å². The lowest BCUT2D eigenvalue weighted by atomic mass is 10.4. The molecule has 0 amide bonds. The van der Waals surface area contributed by atoms with Crippen LogP contribution >= 0.6 is 0 Å². The van der Waals surface area contributed by atoms with E-state index in [2.05, 4.69) is 24.1 Å². The van der Waals surface area contributed by atoms with Crippen molar-refractivity contribution in [2.45, 2.75) is 45.5 Å². The Morgan fingerprint density at radius 2 is 2.12 bits per heavy atom. The minimum absolute atomic E-state index is 0.140. The van der Waals surface area contributed by atoms with E-state index in [4.69, 9.17) is 0 Å². The van der Waals surface area contributed by atoms with Crippen LogP contribution in [0.4, 0.5) is 5.95 Å². The van der Waals surface area contributed by atoms with Gasteiger partial charge in [-0.15, -0.1) is 0 Å². The summed E-state index contributed by atoms with van der Waals surface area (Å²) in [7, 11) is -0.799. The van der Waals surface area contributed by atoms with Crippen molar-refractivity contribution in [3.05, 3.63) is 11.9 Å². The van der Waals surface area contributed by atoms with Crippen LogP contribution in [0.25, 0.3) is 0 Å². The lowest BCUT2D eigenvalue weighted by Gasteiger charge is -2.14. The van der Waals surface area contributed by atoms with Gasteiger partial charge < -0.3 is 9.88 Å². The fourth-order valence-electron chi connectivity index (χ4n) is 1.44. The van der Waals surface area contributed by atoms with E-state index in [1.165, 1.54) is 0 Å². The van der Waals surface area contributed by atoms with E-state index >= 15 is 0 Å². The average molecular weight is 243 g/mol. The molecule has 0 aliphatic carbocycles. The van der Waals surface area contributed by atoms with Crippen molar-refractivity contribution >= 4 is 16.7 Å². The van der Waals surface area contributed by atoms with Crippen molar-refractivity contribution in [2.75, 3.05) is 11.6 Å². The Bertz CT molecular complexity index is 373. The van der Waals surface area contributed by atoms with Crippen LogP contribution in [0.3, 0.4) is 0 Å². The molecule has 1 rings (SSSR count). The number of hydrogen-bond acceptors (Lipinski definition) is 3. The van der Waals surface area contributed by atoms with Gasteiger partial charge in [0.05, 0.1) is 5.69 Å². The van der Waals surface area contributed by atoms with Crippen molar-refractivity contribution in [3.8, 4) is 0 Å². The number of nitrogens with zero attached hydrogens (tertiary/aromatic N) is 2. The first-order chi connectivity index (χ1) is 7.40. The van der Waals surface area contributed by atoms with Crippen LogP contribution in [-0.2, 0) is 17.3 Å². The van der Waals surface area contributed by atoms with Gasteiger partial charge in [0, 0.05) is 41.1 Å². The molecule has 1 N–H and O–H groups in total. The van der Waals surface area contributed by atoms with Gasteiger partial charge in [0.15, 0.2) is 0 Å². The summed E-state index contributed by atoms with van der Waals surface area (Å²) in [6.45, 7) is 8.85. The summed E-state index contributed by atoms with van der Waals surface area (Å²) in [5.74, 6) is 0.866. The number of hydrogen-bond donors (Lipinski definition) is 1. The molecule has 0 bridgehead atoms. The highest BCUT2D eigenvalue weighted by molar-refractivity contribution is 7.84. The van der Waals surface area contributed by atoms with Crippen molar-refractivity contribution < 1.29 is 4.21 Å². The molecule has 1 aromatic heterocycles. The van der Waals surface area contributed by atoms with E-state index in [1.54, 1.807) is 6.26 Å². The Hall–Kier alpha value is -0.840. The zero-order valence-electron chi connectivity index (χ0n) is 10.7. The highest BCUT2D eigenvalue weighted by Gasteiger charge is 2.12. The molecule has 0 aliphatic rings. The molecule has 5 heteroatoms. The Labute approximate surface area is 99.9 Å². The molecule has 2 unspecified atom stereocenters. The minimum Gasteiger partial charge on any atom is -0.353 e. The van der Waals surface area contributed by atoms with Gasteiger partial charge in [0.2, 0.25) is 5.95 Å². The molecule has 92 valence electrons. The van der Waals surface area contributed by atoms with Crippen LogP contribution in [0.5, 0.6) is 0 Å². The van der Waals surface area contributed by atoms with Gasteiger partial charge in [-0.25, -0.2) is 4.98 Å². The lowest BCUT2D eigenvalue weighted by molar-refractivity contribution is 0.643. The van der Waals surface area contributed by atoms with E-state index < -0.39 is 10.8 Å². The monoisotopic (exact) mass is 243 g/mol. The summed E-state index contributed by atoms with van der Waals surface area (Å²) < 4.78 is 13.4. The number of rotatable bonds is 5.